The van der Waals surface area contributed by atoms with Crippen LogP contribution in [-0.4, -0.2) is 24.4 Å². The van der Waals surface area contributed by atoms with E-state index in [-0.39, 0.29) is 17.2 Å². The molecule has 2 rings (SSSR count). The first-order chi connectivity index (χ1) is 9.30. The molecule has 0 spiro atoms. The molecule has 2 amide bonds. The van der Waals surface area contributed by atoms with Crippen LogP contribution in [-0.2, 0) is 9.59 Å². The molecular formula is C15H19IN2O2. The van der Waals surface area contributed by atoms with Crippen molar-refractivity contribution in [3.63, 3.8) is 0 Å². The normalized spacial score (nSPS) is 20.6. The standard InChI is InChI=1S/C15H19IN2O2/c1-15(2,3)13-14(20)18(9-8-12(19)17-13)11-7-5-4-6-10(11)16/h4-7,13H,8-9H2,1-3H3,(H,17,19). The molecule has 5 heteroatoms. The number of hydrogen-bond acceptors (Lipinski definition) is 2. The number of halogens is 1. The van der Waals surface area contributed by atoms with Crippen LogP contribution in [0.3, 0.4) is 0 Å². The minimum absolute atomic E-state index is 0.0348. The van der Waals surface area contributed by atoms with Gasteiger partial charge in [-0.3, -0.25) is 9.59 Å². The first-order valence-electron chi connectivity index (χ1n) is 6.66. The van der Waals surface area contributed by atoms with Crippen LogP contribution in [0.1, 0.15) is 27.2 Å². The Kier molecular flexibility index (Phi) is 4.36. The van der Waals surface area contributed by atoms with Crippen molar-refractivity contribution in [1.82, 2.24) is 5.32 Å². The first-order valence-corrected chi connectivity index (χ1v) is 7.74. The lowest BCUT2D eigenvalue weighted by Crippen LogP contribution is -2.52. The van der Waals surface area contributed by atoms with Gasteiger partial charge in [0.1, 0.15) is 6.04 Å². The fraction of sp³-hybridized carbons (Fsp3) is 0.467. The molecule has 1 N–H and O–H groups in total. The Morgan fingerprint density at radius 3 is 2.50 bits per heavy atom. The van der Waals surface area contributed by atoms with E-state index in [4.69, 9.17) is 0 Å². The van der Waals surface area contributed by atoms with E-state index in [0.717, 1.165) is 9.26 Å². The van der Waals surface area contributed by atoms with E-state index in [1.807, 2.05) is 45.0 Å². The zero-order chi connectivity index (χ0) is 14.9. The largest absolute Gasteiger partial charge is 0.344 e. The van der Waals surface area contributed by atoms with Crippen molar-refractivity contribution < 1.29 is 9.59 Å². The number of anilines is 1. The summed E-state index contributed by atoms with van der Waals surface area (Å²) in [6, 6.07) is 7.26. The Labute approximate surface area is 133 Å². The van der Waals surface area contributed by atoms with Crippen LogP contribution in [0.25, 0.3) is 0 Å². The SMILES string of the molecule is CC(C)(C)C1NC(=O)CCN(c2ccccc2I)C1=O. The van der Waals surface area contributed by atoms with Gasteiger partial charge in [0.05, 0.1) is 5.69 Å². The monoisotopic (exact) mass is 386 g/mol. The maximum Gasteiger partial charge on any atom is 0.250 e. The number of carbonyl (C=O) groups excluding carboxylic acids is 2. The molecule has 1 aromatic rings. The third kappa shape index (κ3) is 3.13. The topological polar surface area (TPSA) is 49.4 Å². The number of rotatable bonds is 1. The molecule has 108 valence electrons. The molecule has 1 heterocycles. The van der Waals surface area contributed by atoms with Crippen molar-refractivity contribution in [2.75, 3.05) is 11.4 Å². The van der Waals surface area contributed by atoms with Gasteiger partial charge in [-0.2, -0.15) is 0 Å². The molecule has 1 aliphatic heterocycles. The molecule has 1 aromatic carbocycles. The van der Waals surface area contributed by atoms with Gasteiger partial charge in [0.25, 0.3) is 0 Å². The highest BCUT2D eigenvalue weighted by Gasteiger charge is 2.38. The molecule has 1 aliphatic rings. The molecular weight excluding hydrogens is 367 g/mol. The van der Waals surface area contributed by atoms with Crippen LogP contribution < -0.4 is 10.2 Å². The summed E-state index contributed by atoms with van der Waals surface area (Å²) in [4.78, 5) is 26.4. The lowest BCUT2D eigenvalue weighted by Gasteiger charge is -2.32. The van der Waals surface area contributed by atoms with Gasteiger partial charge >= 0.3 is 0 Å². The lowest BCUT2D eigenvalue weighted by molar-refractivity contribution is -0.127. The number of para-hydroxylation sites is 1. The summed E-state index contributed by atoms with van der Waals surface area (Å²) in [6.07, 6.45) is 0.337. The summed E-state index contributed by atoms with van der Waals surface area (Å²) in [7, 11) is 0. The van der Waals surface area contributed by atoms with Crippen LogP contribution >= 0.6 is 22.6 Å². The molecule has 1 atom stereocenters. The fourth-order valence-corrected chi connectivity index (χ4v) is 2.95. The molecule has 4 nitrogen and oxygen atoms in total. The van der Waals surface area contributed by atoms with Gasteiger partial charge in [-0.05, 0) is 40.1 Å². The highest BCUT2D eigenvalue weighted by Crippen LogP contribution is 2.28. The van der Waals surface area contributed by atoms with Gasteiger partial charge in [-0.1, -0.05) is 32.9 Å². The Morgan fingerprint density at radius 1 is 1.25 bits per heavy atom. The lowest BCUT2D eigenvalue weighted by atomic mass is 9.86. The van der Waals surface area contributed by atoms with E-state index in [1.165, 1.54) is 0 Å². The number of carbonyl (C=O) groups is 2. The number of hydrogen-bond donors (Lipinski definition) is 1. The second kappa shape index (κ2) is 5.71. The Morgan fingerprint density at radius 2 is 1.90 bits per heavy atom. The highest BCUT2D eigenvalue weighted by atomic mass is 127. The molecule has 1 fully saturated rings. The second-order valence-electron chi connectivity index (χ2n) is 6.06. The Hall–Kier alpha value is -1.11. The maximum absolute atomic E-state index is 12.8. The van der Waals surface area contributed by atoms with Crippen LogP contribution in [0, 0.1) is 8.99 Å². The van der Waals surface area contributed by atoms with E-state index in [1.54, 1.807) is 4.90 Å². The third-order valence-corrected chi connectivity index (χ3v) is 4.30. The molecule has 0 saturated carbocycles. The number of benzene rings is 1. The molecule has 0 radical (unpaired) electrons. The first kappa shape index (κ1) is 15.3. The average molecular weight is 386 g/mol. The van der Waals surface area contributed by atoms with Crippen molar-refractivity contribution in [1.29, 1.82) is 0 Å². The number of nitrogens with zero attached hydrogens (tertiary/aromatic N) is 1. The van der Waals surface area contributed by atoms with Crippen LogP contribution in [0.5, 0.6) is 0 Å². The molecule has 1 unspecified atom stereocenters. The van der Waals surface area contributed by atoms with Crippen molar-refractivity contribution >= 4 is 40.1 Å². The van der Waals surface area contributed by atoms with Gasteiger partial charge in [0, 0.05) is 16.5 Å². The second-order valence-corrected chi connectivity index (χ2v) is 7.22. The quantitative estimate of drug-likeness (QED) is 0.755. The van der Waals surface area contributed by atoms with Crippen molar-refractivity contribution in [2.45, 2.75) is 33.2 Å². The fourth-order valence-electron chi connectivity index (χ4n) is 2.27. The van der Waals surface area contributed by atoms with E-state index < -0.39 is 6.04 Å². The van der Waals surface area contributed by atoms with Gasteiger partial charge < -0.3 is 10.2 Å². The van der Waals surface area contributed by atoms with Crippen molar-refractivity contribution in [3.8, 4) is 0 Å². The van der Waals surface area contributed by atoms with Crippen molar-refractivity contribution in [2.24, 2.45) is 5.41 Å². The van der Waals surface area contributed by atoms with Gasteiger partial charge in [-0.25, -0.2) is 0 Å². The summed E-state index contributed by atoms with van der Waals surface area (Å²) in [6.45, 7) is 6.33. The summed E-state index contributed by atoms with van der Waals surface area (Å²) in [5, 5.41) is 2.86. The zero-order valence-corrected chi connectivity index (χ0v) is 14.1. The molecule has 20 heavy (non-hydrogen) atoms. The predicted molar refractivity (Wildman–Crippen MR) is 87.5 cm³/mol. The van der Waals surface area contributed by atoms with Crippen molar-refractivity contribution in [3.05, 3.63) is 27.8 Å². The smallest absolute Gasteiger partial charge is 0.250 e. The van der Waals surface area contributed by atoms with E-state index >= 15 is 0 Å². The predicted octanol–water partition coefficient (Wildman–Crippen LogP) is 2.56. The van der Waals surface area contributed by atoms with Gasteiger partial charge in [0.2, 0.25) is 11.8 Å². The Balaban J connectivity index is 2.41. The summed E-state index contributed by atoms with van der Waals surface area (Å²) < 4.78 is 1.01. The highest BCUT2D eigenvalue weighted by molar-refractivity contribution is 14.1. The zero-order valence-electron chi connectivity index (χ0n) is 11.9. The number of amides is 2. The van der Waals surface area contributed by atoms with Gasteiger partial charge in [-0.15, -0.1) is 0 Å². The average Bonchev–Trinajstić information content (AvgIpc) is 2.50. The molecule has 0 aliphatic carbocycles. The van der Waals surface area contributed by atoms with E-state index in [0.29, 0.717) is 13.0 Å². The Bertz CT molecular complexity index is 537. The summed E-state index contributed by atoms with van der Waals surface area (Å²) in [5.74, 6) is -0.0980. The van der Waals surface area contributed by atoms with Gasteiger partial charge in [0.15, 0.2) is 0 Å². The molecule has 0 aromatic heterocycles. The summed E-state index contributed by atoms with van der Waals surface area (Å²) in [5.41, 5.74) is 0.569. The number of nitrogens with one attached hydrogen (secondary N) is 1. The van der Waals surface area contributed by atoms with E-state index in [2.05, 4.69) is 27.9 Å². The minimum Gasteiger partial charge on any atom is -0.344 e. The van der Waals surface area contributed by atoms with Crippen LogP contribution in [0.2, 0.25) is 0 Å². The maximum atomic E-state index is 12.8. The molecule has 0 bridgehead atoms. The van der Waals surface area contributed by atoms with Crippen LogP contribution in [0.4, 0.5) is 5.69 Å². The summed E-state index contributed by atoms with van der Waals surface area (Å²) >= 11 is 2.22. The van der Waals surface area contributed by atoms with E-state index in [9.17, 15) is 9.59 Å². The minimum atomic E-state index is -0.492. The molecule has 1 saturated heterocycles. The third-order valence-electron chi connectivity index (χ3n) is 3.39. The van der Waals surface area contributed by atoms with Crippen LogP contribution in [0.15, 0.2) is 24.3 Å².